The van der Waals surface area contributed by atoms with E-state index in [1.165, 1.54) is 16.4 Å². The van der Waals surface area contributed by atoms with E-state index < -0.39 is 15.8 Å². The molecule has 2 aliphatic heterocycles. The van der Waals surface area contributed by atoms with Crippen LogP contribution in [0.1, 0.15) is 22.3 Å². The summed E-state index contributed by atoms with van der Waals surface area (Å²) in [5.41, 5.74) is 1.10. The highest BCUT2D eigenvalue weighted by atomic mass is 32.2. The molecule has 0 spiro atoms. The van der Waals surface area contributed by atoms with E-state index in [9.17, 15) is 17.6 Å². The third kappa shape index (κ3) is 5.60. The number of halogens is 1. The van der Waals surface area contributed by atoms with E-state index in [4.69, 9.17) is 4.74 Å². The average molecular weight is 476 g/mol. The first kappa shape index (κ1) is 23.8. The molecule has 33 heavy (non-hydrogen) atoms. The van der Waals surface area contributed by atoms with Crippen molar-refractivity contribution in [3.8, 4) is 0 Å². The van der Waals surface area contributed by atoms with E-state index in [1.54, 1.807) is 6.92 Å². The van der Waals surface area contributed by atoms with Crippen LogP contribution < -0.4 is 0 Å². The minimum Gasteiger partial charge on any atom is -0.374 e. The second-order valence-corrected chi connectivity index (χ2v) is 10.5. The van der Waals surface area contributed by atoms with Crippen molar-refractivity contribution in [1.29, 1.82) is 0 Å². The largest absolute Gasteiger partial charge is 0.374 e. The van der Waals surface area contributed by atoms with Crippen molar-refractivity contribution >= 4 is 15.9 Å². The fraction of sp³-hybridized carbons (Fsp3) is 0.458. The van der Waals surface area contributed by atoms with Gasteiger partial charge >= 0.3 is 0 Å². The Bertz CT molecular complexity index is 1080. The molecule has 1 amide bonds. The zero-order chi connectivity index (χ0) is 23.4. The smallest absolute Gasteiger partial charge is 0.253 e. The van der Waals surface area contributed by atoms with Crippen molar-refractivity contribution in [2.45, 2.75) is 24.3 Å². The van der Waals surface area contributed by atoms with E-state index in [2.05, 4.69) is 4.90 Å². The molecule has 0 saturated carbocycles. The molecular formula is C24H30FN3O4S. The first-order chi connectivity index (χ1) is 15.8. The van der Waals surface area contributed by atoms with Crippen molar-refractivity contribution in [3.63, 3.8) is 0 Å². The number of amides is 1. The highest BCUT2D eigenvalue weighted by Crippen LogP contribution is 2.21. The van der Waals surface area contributed by atoms with Crippen LogP contribution in [0.4, 0.5) is 4.39 Å². The predicted molar refractivity (Wildman–Crippen MR) is 123 cm³/mol. The number of aryl methyl sites for hydroxylation is 1. The van der Waals surface area contributed by atoms with Crippen LogP contribution in [0.3, 0.4) is 0 Å². The number of ether oxygens (including phenoxy) is 1. The molecule has 1 unspecified atom stereocenters. The lowest BCUT2D eigenvalue weighted by molar-refractivity contribution is -0.0193. The number of hydrogen-bond donors (Lipinski definition) is 0. The average Bonchev–Trinajstić information content (AvgIpc) is 3.06. The Morgan fingerprint density at radius 3 is 2.61 bits per heavy atom. The Kier molecular flexibility index (Phi) is 7.43. The Morgan fingerprint density at radius 1 is 1.06 bits per heavy atom. The van der Waals surface area contributed by atoms with Crippen LogP contribution >= 0.6 is 0 Å². The summed E-state index contributed by atoms with van der Waals surface area (Å²) in [5.74, 6) is -0.492. The van der Waals surface area contributed by atoms with Gasteiger partial charge in [0, 0.05) is 44.8 Å². The van der Waals surface area contributed by atoms with Crippen LogP contribution in [-0.4, -0.2) is 87.0 Å². The summed E-state index contributed by atoms with van der Waals surface area (Å²) in [5, 5.41) is 0. The topological polar surface area (TPSA) is 70.2 Å². The van der Waals surface area contributed by atoms with Gasteiger partial charge in [0.15, 0.2) is 0 Å². The lowest BCUT2D eigenvalue weighted by Crippen LogP contribution is -2.50. The summed E-state index contributed by atoms with van der Waals surface area (Å²) >= 11 is 0. The van der Waals surface area contributed by atoms with Gasteiger partial charge < -0.3 is 9.64 Å². The van der Waals surface area contributed by atoms with Gasteiger partial charge in [-0.05, 0) is 49.7 Å². The van der Waals surface area contributed by atoms with Gasteiger partial charge in [0.1, 0.15) is 5.82 Å². The quantitative estimate of drug-likeness (QED) is 0.664. The summed E-state index contributed by atoms with van der Waals surface area (Å²) in [6.45, 7) is 5.77. The van der Waals surface area contributed by atoms with E-state index in [1.807, 2.05) is 35.2 Å². The Morgan fingerprint density at radius 2 is 1.85 bits per heavy atom. The maximum Gasteiger partial charge on any atom is 0.253 e. The first-order valence-corrected chi connectivity index (χ1v) is 12.7. The molecule has 7 nitrogen and oxygen atoms in total. The van der Waals surface area contributed by atoms with Gasteiger partial charge in [0.05, 0.1) is 17.6 Å². The van der Waals surface area contributed by atoms with Crippen molar-refractivity contribution in [2.75, 3.05) is 52.4 Å². The van der Waals surface area contributed by atoms with Gasteiger partial charge in [-0.15, -0.1) is 0 Å². The maximum absolute atomic E-state index is 14.0. The number of morpholine rings is 1. The lowest BCUT2D eigenvalue weighted by Gasteiger charge is -2.34. The number of carbonyl (C=O) groups excluding carboxylic acids is 1. The summed E-state index contributed by atoms with van der Waals surface area (Å²) in [4.78, 5) is 16.8. The van der Waals surface area contributed by atoms with E-state index in [0.717, 1.165) is 19.0 Å². The zero-order valence-electron chi connectivity index (χ0n) is 18.8. The minimum atomic E-state index is -3.79. The summed E-state index contributed by atoms with van der Waals surface area (Å²) in [6, 6.07) is 13.3. The molecule has 0 aliphatic carbocycles. The normalized spacial score (nSPS) is 21.0. The fourth-order valence-corrected chi connectivity index (χ4v) is 5.78. The third-order valence-electron chi connectivity index (χ3n) is 6.24. The third-order valence-corrected chi connectivity index (χ3v) is 8.10. The number of nitrogens with zero attached hydrogens (tertiary/aromatic N) is 3. The van der Waals surface area contributed by atoms with Gasteiger partial charge in [-0.2, -0.15) is 4.31 Å². The number of carbonyl (C=O) groups is 1. The number of hydrogen-bond acceptors (Lipinski definition) is 5. The SMILES string of the molecule is Cc1ccc(S(=O)(=O)N2CCOC(CN3CCCN(C(=O)c4ccccc4)CC3)C2)cc1F. The Labute approximate surface area is 194 Å². The molecule has 1 atom stereocenters. The van der Waals surface area contributed by atoms with Gasteiger partial charge in [-0.3, -0.25) is 9.69 Å². The number of sulfonamides is 1. The molecule has 2 saturated heterocycles. The maximum atomic E-state index is 14.0. The second-order valence-electron chi connectivity index (χ2n) is 8.58. The molecule has 0 radical (unpaired) electrons. The minimum absolute atomic E-state index is 0.0314. The molecule has 0 aromatic heterocycles. The summed E-state index contributed by atoms with van der Waals surface area (Å²) < 4.78 is 47.3. The van der Waals surface area contributed by atoms with Crippen molar-refractivity contribution in [1.82, 2.24) is 14.1 Å². The molecule has 2 aromatic carbocycles. The van der Waals surface area contributed by atoms with E-state index >= 15 is 0 Å². The van der Waals surface area contributed by atoms with Gasteiger partial charge in [0.2, 0.25) is 10.0 Å². The number of rotatable bonds is 5. The predicted octanol–water partition coefficient (Wildman–Crippen LogP) is 2.37. The molecule has 2 aliphatic rings. The Hall–Kier alpha value is -2.33. The Balaban J connectivity index is 1.35. The highest BCUT2D eigenvalue weighted by molar-refractivity contribution is 7.89. The number of benzene rings is 2. The molecule has 2 fully saturated rings. The van der Waals surface area contributed by atoms with Crippen LogP contribution in [0.25, 0.3) is 0 Å². The second kappa shape index (κ2) is 10.3. The molecule has 0 N–H and O–H groups in total. The molecular weight excluding hydrogens is 445 g/mol. The molecule has 4 rings (SSSR count). The van der Waals surface area contributed by atoms with Crippen molar-refractivity contribution in [3.05, 3.63) is 65.5 Å². The molecule has 178 valence electrons. The van der Waals surface area contributed by atoms with Crippen LogP contribution in [0, 0.1) is 12.7 Å². The monoisotopic (exact) mass is 475 g/mol. The fourth-order valence-electron chi connectivity index (χ4n) is 4.31. The zero-order valence-corrected chi connectivity index (χ0v) is 19.6. The van der Waals surface area contributed by atoms with Gasteiger partial charge in [0.25, 0.3) is 5.91 Å². The molecule has 9 heteroatoms. The van der Waals surface area contributed by atoms with Crippen molar-refractivity contribution < 1.29 is 22.3 Å². The van der Waals surface area contributed by atoms with Crippen LogP contribution in [-0.2, 0) is 14.8 Å². The molecule has 2 heterocycles. The summed E-state index contributed by atoms with van der Waals surface area (Å²) in [7, 11) is -3.79. The van der Waals surface area contributed by atoms with Gasteiger partial charge in [-0.25, -0.2) is 12.8 Å². The standard InChI is InChI=1S/C24H30FN3O4S/c1-19-8-9-22(16-23(19)25)33(30,31)28-14-15-32-21(18-28)17-26-10-5-11-27(13-12-26)24(29)20-6-3-2-4-7-20/h2-4,6-9,16,21H,5,10-15,17-18H2,1H3. The van der Waals surface area contributed by atoms with Crippen LogP contribution in [0.15, 0.2) is 53.4 Å². The van der Waals surface area contributed by atoms with Crippen LogP contribution in [0.2, 0.25) is 0 Å². The highest BCUT2D eigenvalue weighted by Gasteiger charge is 2.32. The van der Waals surface area contributed by atoms with Crippen LogP contribution in [0.5, 0.6) is 0 Å². The van der Waals surface area contributed by atoms with Gasteiger partial charge in [-0.1, -0.05) is 24.3 Å². The molecule has 2 aromatic rings. The van der Waals surface area contributed by atoms with E-state index in [-0.39, 0.29) is 30.0 Å². The van der Waals surface area contributed by atoms with Crippen molar-refractivity contribution in [2.24, 2.45) is 0 Å². The lowest BCUT2D eigenvalue weighted by atomic mass is 10.2. The first-order valence-electron chi connectivity index (χ1n) is 11.3. The molecule has 0 bridgehead atoms. The van der Waals surface area contributed by atoms with E-state index in [0.29, 0.717) is 43.9 Å². The summed E-state index contributed by atoms with van der Waals surface area (Å²) in [6.07, 6.45) is 0.566.